The van der Waals surface area contributed by atoms with Crippen LogP contribution in [-0.2, 0) is 16.6 Å². The largest absolute Gasteiger partial charge is 0.356 e. The molecule has 0 atom stereocenters. The van der Waals surface area contributed by atoms with Gasteiger partial charge in [0.1, 0.15) is 12.1 Å². The molecule has 0 spiro atoms. The Bertz CT molecular complexity index is 862. The average molecular weight is 404 g/mol. The first-order valence-corrected chi connectivity index (χ1v) is 11.4. The lowest BCUT2D eigenvalue weighted by atomic mass is 9.97. The van der Waals surface area contributed by atoms with E-state index in [1.165, 1.54) is 18.4 Å². The summed E-state index contributed by atoms with van der Waals surface area (Å²) in [5.74, 6) is 1.21. The van der Waals surface area contributed by atoms with E-state index in [2.05, 4.69) is 50.8 Å². The van der Waals surface area contributed by atoms with Crippen LogP contribution in [0.1, 0.15) is 38.2 Å². The Morgan fingerprint density at radius 2 is 1.89 bits per heavy atom. The lowest BCUT2D eigenvalue weighted by molar-refractivity contribution is 0.400. The monoisotopic (exact) mass is 403 g/mol. The highest BCUT2D eigenvalue weighted by molar-refractivity contribution is 7.87. The van der Waals surface area contributed by atoms with E-state index in [0.717, 1.165) is 49.4 Å². The van der Waals surface area contributed by atoms with E-state index < -0.39 is 10.2 Å². The maximum absolute atomic E-state index is 11.0. The van der Waals surface area contributed by atoms with Crippen LogP contribution in [0.25, 0.3) is 11.3 Å². The van der Waals surface area contributed by atoms with E-state index in [9.17, 15) is 8.42 Å². The zero-order valence-electron chi connectivity index (χ0n) is 16.3. The van der Waals surface area contributed by atoms with Gasteiger partial charge >= 0.3 is 0 Å². The van der Waals surface area contributed by atoms with Crippen molar-refractivity contribution in [3.63, 3.8) is 0 Å². The standard InChI is InChI=1S/C20H29N5O2S/c1-2-3-4-16-5-7-18(8-6-16)19-13-20(23-15-22-19)25-11-9-17(10-12-25)14-24-28(21,26)27/h5-8,13,15,17,24H,2-4,9-12,14H2,1H3,(H2,21,26,27). The number of benzene rings is 1. The summed E-state index contributed by atoms with van der Waals surface area (Å²) in [5, 5.41) is 5.01. The molecule has 1 aliphatic heterocycles. The van der Waals surface area contributed by atoms with Gasteiger partial charge in [-0.2, -0.15) is 8.42 Å². The highest BCUT2D eigenvalue weighted by Gasteiger charge is 2.21. The number of aromatic nitrogens is 2. The second-order valence-corrected chi connectivity index (χ2v) is 8.76. The Morgan fingerprint density at radius 3 is 2.54 bits per heavy atom. The zero-order chi connectivity index (χ0) is 20.0. The molecule has 0 amide bonds. The summed E-state index contributed by atoms with van der Waals surface area (Å²) < 4.78 is 24.5. The molecule has 0 radical (unpaired) electrons. The van der Waals surface area contributed by atoms with Gasteiger partial charge in [0.05, 0.1) is 5.69 Å². The van der Waals surface area contributed by atoms with E-state index in [1.54, 1.807) is 6.33 Å². The van der Waals surface area contributed by atoms with Gasteiger partial charge in [0, 0.05) is 31.3 Å². The van der Waals surface area contributed by atoms with Gasteiger partial charge < -0.3 is 4.90 Å². The SMILES string of the molecule is CCCCc1ccc(-c2cc(N3CCC(CNS(N)(=O)=O)CC3)ncn2)cc1. The first kappa shape index (κ1) is 20.7. The summed E-state index contributed by atoms with van der Waals surface area (Å²) in [6, 6.07) is 10.6. The summed E-state index contributed by atoms with van der Waals surface area (Å²) in [7, 11) is -3.62. The number of unbranched alkanes of at least 4 members (excludes halogenated alkanes) is 1. The van der Waals surface area contributed by atoms with Crippen molar-refractivity contribution < 1.29 is 8.42 Å². The molecule has 2 heterocycles. The van der Waals surface area contributed by atoms with Crippen molar-refractivity contribution in [1.82, 2.24) is 14.7 Å². The second kappa shape index (κ2) is 9.45. The quantitative estimate of drug-likeness (QED) is 0.705. The maximum Gasteiger partial charge on any atom is 0.274 e. The van der Waals surface area contributed by atoms with Crippen LogP contribution in [0, 0.1) is 5.92 Å². The topological polar surface area (TPSA) is 101 Å². The fourth-order valence-corrected chi connectivity index (χ4v) is 3.97. The molecule has 28 heavy (non-hydrogen) atoms. The molecule has 7 nitrogen and oxygen atoms in total. The molecule has 3 rings (SSSR count). The number of anilines is 1. The molecule has 2 aromatic rings. The van der Waals surface area contributed by atoms with Gasteiger partial charge in [0.2, 0.25) is 0 Å². The third-order valence-electron chi connectivity index (χ3n) is 5.23. The minimum Gasteiger partial charge on any atom is -0.356 e. The molecule has 152 valence electrons. The molecule has 1 aliphatic rings. The van der Waals surface area contributed by atoms with Gasteiger partial charge in [-0.05, 0) is 37.2 Å². The van der Waals surface area contributed by atoms with Crippen molar-refractivity contribution in [3.8, 4) is 11.3 Å². The first-order chi connectivity index (χ1) is 13.4. The number of aryl methyl sites for hydroxylation is 1. The molecule has 3 N–H and O–H groups in total. The van der Waals surface area contributed by atoms with Gasteiger partial charge in [0.15, 0.2) is 0 Å². The van der Waals surface area contributed by atoms with Crippen molar-refractivity contribution in [2.75, 3.05) is 24.5 Å². The summed E-state index contributed by atoms with van der Waals surface area (Å²) in [5.41, 5.74) is 3.37. The Kier molecular flexibility index (Phi) is 6.98. The molecule has 0 bridgehead atoms. The fraction of sp³-hybridized carbons (Fsp3) is 0.500. The van der Waals surface area contributed by atoms with Crippen molar-refractivity contribution in [2.24, 2.45) is 11.1 Å². The van der Waals surface area contributed by atoms with Gasteiger partial charge in [0.25, 0.3) is 10.2 Å². The van der Waals surface area contributed by atoms with E-state index in [-0.39, 0.29) is 0 Å². The normalized spacial score (nSPS) is 15.7. The minimum absolute atomic E-state index is 0.298. The third kappa shape index (κ3) is 5.98. The third-order valence-corrected chi connectivity index (χ3v) is 5.80. The maximum atomic E-state index is 11.0. The van der Waals surface area contributed by atoms with Crippen LogP contribution in [0.2, 0.25) is 0 Å². The van der Waals surface area contributed by atoms with E-state index in [4.69, 9.17) is 5.14 Å². The molecule has 8 heteroatoms. The lowest BCUT2D eigenvalue weighted by Gasteiger charge is -2.32. The van der Waals surface area contributed by atoms with E-state index >= 15 is 0 Å². The summed E-state index contributed by atoms with van der Waals surface area (Å²) in [4.78, 5) is 11.1. The number of nitrogens with two attached hydrogens (primary N) is 1. The Balaban J connectivity index is 1.61. The zero-order valence-corrected chi connectivity index (χ0v) is 17.2. The van der Waals surface area contributed by atoms with Crippen molar-refractivity contribution in [2.45, 2.75) is 39.0 Å². The highest BCUT2D eigenvalue weighted by atomic mass is 32.2. The van der Waals surface area contributed by atoms with Gasteiger partial charge in [-0.25, -0.2) is 19.8 Å². The number of rotatable bonds is 8. The van der Waals surface area contributed by atoms with Gasteiger partial charge in [-0.15, -0.1) is 0 Å². The van der Waals surface area contributed by atoms with Crippen LogP contribution in [-0.4, -0.2) is 38.0 Å². The Labute approximate surface area is 167 Å². The number of hydrogen-bond acceptors (Lipinski definition) is 5. The predicted octanol–water partition coefficient (Wildman–Crippen LogP) is 2.50. The highest BCUT2D eigenvalue weighted by Crippen LogP contribution is 2.25. The van der Waals surface area contributed by atoms with E-state index in [1.807, 2.05) is 6.07 Å². The van der Waals surface area contributed by atoms with Crippen molar-refractivity contribution in [1.29, 1.82) is 0 Å². The van der Waals surface area contributed by atoms with Crippen LogP contribution < -0.4 is 14.8 Å². The molecule has 1 fully saturated rings. The molecule has 0 unspecified atom stereocenters. The van der Waals surface area contributed by atoms with Crippen LogP contribution >= 0.6 is 0 Å². The molecule has 0 aliphatic carbocycles. The molecule has 0 saturated carbocycles. The summed E-state index contributed by atoms with van der Waals surface area (Å²) >= 11 is 0. The smallest absolute Gasteiger partial charge is 0.274 e. The molecular formula is C20H29N5O2S. The predicted molar refractivity (Wildman–Crippen MR) is 112 cm³/mol. The molecule has 1 aromatic carbocycles. The van der Waals surface area contributed by atoms with Crippen LogP contribution in [0.3, 0.4) is 0 Å². The number of piperidine rings is 1. The number of nitrogens with zero attached hydrogens (tertiary/aromatic N) is 3. The fourth-order valence-electron chi connectivity index (χ4n) is 3.50. The number of hydrogen-bond donors (Lipinski definition) is 2. The summed E-state index contributed by atoms with van der Waals surface area (Å²) in [6.07, 6.45) is 6.93. The van der Waals surface area contributed by atoms with Gasteiger partial charge in [-0.3, -0.25) is 0 Å². The Hall–Kier alpha value is -2.03. The average Bonchev–Trinajstić information content (AvgIpc) is 2.71. The molecule has 1 saturated heterocycles. The summed E-state index contributed by atoms with van der Waals surface area (Å²) in [6.45, 7) is 4.27. The van der Waals surface area contributed by atoms with Crippen LogP contribution in [0.4, 0.5) is 5.82 Å². The lowest BCUT2D eigenvalue weighted by Crippen LogP contribution is -2.40. The van der Waals surface area contributed by atoms with Crippen LogP contribution in [0.5, 0.6) is 0 Å². The number of nitrogens with one attached hydrogen (secondary N) is 1. The minimum atomic E-state index is -3.62. The van der Waals surface area contributed by atoms with Crippen LogP contribution in [0.15, 0.2) is 36.7 Å². The molecule has 1 aromatic heterocycles. The van der Waals surface area contributed by atoms with Crippen molar-refractivity contribution in [3.05, 3.63) is 42.2 Å². The first-order valence-electron chi connectivity index (χ1n) is 9.88. The molecular weight excluding hydrogens is 374 g/mol. The van der Waals surface area contributed by atoms with E-state index in [0.29, 0.717) is 12.5 Å². The second-order valence-electron chi connectivity index (χ2n) is 7.39. The van der Waals surface area contributed by atoms with Gasteiger partial charge in [-0.1, -0.05) is 37.6 Å². The Morgan fingerprint density at radius 1 is 1.18 bits per heavy atom. The van der Waals surface area contributed by atoms with Crippen molar-refractivity contribution >= 4 is 16.0 Å².